The zero-order valence-electron chi connectivity index (χ0n) is 15.9. The predicted octanol–water partition coefficient (Wildman–Crippen LogP) is 2.20. The minimum Gasteiger partial charge on any atom is -0.497 e. The first-order valence-corrected chi connectivity index (χ1v) is 11.8. The molecule has 0 aliphatic carbocycles. The van der Waals surface area contributed by atoms with E-state index in [-0.39, 0.29) is 28.5 Å². The number of hydrogen-bond donors (Lipinski definition) is 1. The first-order valence-electron chi connectivity index (χ1n) is 9.12. The van der Waals surface area contributed by atoms with E-state index in [2.05, 4.69) is 27.3 Å². The van der Waals surface area contributed by atoms with Gasteiger partial charge >= 0.3 is 0 Å². The Hall–Kier alpha value is -2.04. The zero-order chi connectivity index (χ0) is 20.1. The van der Waals surface area contributed by atoms with Gasteiger partial charge in [-0.2, -0.15) is 0 Å². The summed E-state index contributed by atoms with van der Waals surface area (Å²) in [6.45, 7) is 3.35. The quantitative estimate of drug-likeness (QED) is 0.693. The van der Waals surface area contributed by atoms with Crippen LogP contribution in [0.25, 0.3) is 0 Å². The second kappa shape index (κ2) is 8.97. The van der Waals surface area contributed by atoms with Crippen molar-refractivity contribution in [1.82, 2.24) is 15.1 Å². The summed E-state index contributed by atoms with van der Waals surface area (Å²) in [5.41, 5.74) is 0.645. The van der Waals surface area contributed by atoms with E-state index < -0.39 is 9.84 Å². The van der Waals surface area contributed by atoms with Crippen LogP contribution in [0.2, 0.25) is 0 Å². The van der Waals surface area contributed by atoms with Crippen LogP contribution in [0.5, 0.6) is 5.75 Å². The van der Waals surface area contributed by atoms with Crippen molar-refractivity contribution >= 4 is 32.8 Å². The van der Waals surface area contributed by atoms with Crippen LogP contribution in [0.4, 0.5) is 5.69 Å². The minimum atomic E-state index is -2.95. The molecule has 10 heteroatoms. The summed E-state index contributed by atoms with van der Waals surface area (Å²) in [6, 6.07) is 7.04. The van der Waals surface area contributed by atoms with E-state index in [1.165, 1.54) is 11.3 Å². The molecule has 2 aromatic rings. The van der Waals surface area contributed by atoms with Gasteiger partial charge in [-0.1, -0.05) is 18.3 Å². The Morgan fingerprint density at radius 2 is 2.07 bits per heavy atom. The number of anilines is 1. The van der Waals surface area contributed by atoms with Gasteiger partial charge in [-0.3, -0.25) is 9.69 Å². The van der Waals surface area contributed by atoms with Gasteiger partial charge in [0.05, 0.1) is 25.2 Å². The van der Waals surface area contributed by atoms with E-state index in [9.17, 15) is 13.2 Å². The van der Waals surface area contributed by atoms with Crippen LogP contribution < -0.4 is 10.1 Å². The maximum Gasteiger partial charge on any atom is 0.286 e. The largest absolute Gasteiger partial charge is 0.497 e. The van der Waals surface area contributed by atoms with Crippen LogP contribution in [0.3, 0.4) is 0 Å². The molecule has 0 radical (unpaired) electrons. The van der Waals surface area contributed by atoms with Crippen LogP contribution in [0.15, 0.2) is 24.3 Å². The third kappa shape index (κ3) is 5.27. The van der Waals surface area contributed by atoms with E-state index in [4.69, 9.17) is 4.74 Å². The Kier molecular flexibility index (Phi) is 6.63. The summed E-state index contributed by atoms with van der Waals surface area (Å²) in [7, 11) is -1.36. The number of nitrogens with zero attached hydrogens (tertiary/aromatic N) is 3. The van der Waals surface area contributed by atoms with Gasteiger partial charge in [0.1, 0.15) is 10.8 Å². The van der Waals surface area contributed by atoms with Crippen molar-refractivity contribution in [2.75, 3.05) is 30.5 Å². The molecule has 1 aliphatic heterocycles. The highest BCUT2D eigenvalue weighted by Crippen LogP contribution is 2.22. The number of hydrogen-bond acceptors (Lipinski definition) is 8. The number of sulfone groups is 1. The van der Waals surface area contributed by atoms with Crippen molar-refractivity contribution in [3.8, 4) is 5.75 Å². The lowest BCUT2D eigenvalue weighted by Crippen LogP contribution is -2.36. The predicted molar refractivity (Wildman–Crippen MR) is 109 cm³/mol. The lowest BCUT2D eigenvalue weighted by atomic mass is 10.2. The minimum absolute atomic E-state index is 0.00502. The average molecular weight is 425 g/mol. The van der Waals surface area contributed by atoms with Crippen LogP contribution in [0, 0.1) is 0 Å². The Labute approximate surface area is 168 Å². The number of aromatic nitrogens is 2. The van der Waals surface area contributed by atoms with E-state index in [0.29, 0.717) is 29.4 Å². The van der Waals surface area contributed by atoms with Crippen molar-refractivity contribution in [2.45, 2.75) is 32.4 Å². The summed E-state index contributed by atoms with van der Waals surface area (Å²) in [4.78, 5) is 14.5. The first-order chi connectivity index (χ1) is 13.4. The molecule has 8 nitrogen and oxygen atoms in total. The highest BCUT2D eigenvalue weighted by atomic mass is 32.2. The summed E-state index contributed by atoms with van der Waals surface area (Å²) in [6.07, 6.45) is 1.56. The smallest absolute Gasteiger partial charge is 0.286 e. The standard InChI is InChI=1S/C18H24N4O4S2/c1-3-9-22(14-8-10-28(24,25)12-14)11-16-20-21-18(27-16)17(23)19-13-4-6-15(26-2)7-5-13/h4-7,14H,3,8-12H2,1-2H3,(H,19,23). The molecular weight excluding hydrogens is 400 g/mol. The van der Waals surface area contributed by atoms with E-state index >= 15 is 0 Å². The van der Waals surface area contributed by atoms with Crippen molar-refractivity contribution in [1.29, 1.82) is 0 Å². The van der Waals surface area contributed by atoms with Crippen molar-refractivity contribution in [2.24, 2.45) is 0 Å². The topological polar surface area (TPSA) is 101 Å². The highest BCUT2D eigenvalue weighted by molar-refractivity contribution is 7.91. The average Bonchev–Trinajstić information content (AvgIpc) is 3.28. The number of amides is 1. The van der Waals surface area contributed by atoms with E-state index in [0.717, 1.165) is 13.0 Å². The number of benzene rings is 1. The molecule has 1 aliphatic rings. The summed E-state index contributed by atoms with van der Waals surface area (Å²) in [5, 5.41) is 11.9. The molecule has 1 saturated heterocycles. The molecule has 0 bridgehead atoms. The van der Waals surface area contributed by atoms with Crippen LogP contribution in [-0.4, -0.2) is 60.6 Å². The number of carbonyl (C=O) groups is 1. The van der Waals surface area contributed by atoms with Gasteiger partial charge in [-0.25, -0.2) is 8.42 Å². The van der Waals surface area contributed by atoms with Crippen LogP contribution >= 0.6 is 11.3 Å². The van der Waals surface area contributed by atoms with Crippen LogP contribution in [0.1, 0.15) is 34.6 Å². The van der Waals surface area contributed by atoms with Gasteiger partial charge < -0.3 is 10.1 Å². The molecule has 1 unspecified atom stereocenters. The van der Waals surface area contributed by atoms with Gasteiger partial charge in [0.2, 0.25) is 5.01 Å². The lowest BCUT2D eigenvalue weighted by molar-refractivity contribution is 0.102. The maximum atomic E-state index is 12.4. The van der Waals surface area contributed by atoms with Crippen molar-refractivity contribution in [3.63, 3.8) is 0 Å². The monoisotopic (exact) mass is 424 g/mol. The second-order valence-electron chi connectivity index (χ2n) is 6.71. The Morgan fingerprint density at radius 1 is 1.32 bits per heavy atom. The van der Waals surface area contributed by atoms with Gasteiger partial charge in [-0.15, -0.1) is 10.2 Å². The zero-order valence-corrected chi connectivity index (χ0v) is 17.6. The molecule has 1 aromatic carbocycles. The molecule has 1 amide bonds. The number of methoxy groups -OCH3 is 1. The number of carbonyl (C=O) groups excluding carboxylic acids is 1. The van der Waals surface area contributed by atoms with Crippen molar-refractivity contribution in [3.05, 3.63) is 34.3 Å². The molecule has 1 fully saturated rings. The molecule has 1 atom stereocenters. The van der Waals surface area contributed by atoms with E-state index in [1.54, 1.807) is 31.4 Å². The molecule has 2 heterocycles. The molecule has 28 heavy (non-hydrogen) atoms. The Balaban J connectivity index is 1.63. The molecule has 1 aromatic heterocycles. The van der Waals surface area contributed by atoms with E-state index in [1.807, 2.05) is 0 Å². The molecule has 152 valence electrons. The SMILES string of the molecule is CCCN(Cc1nnc(C(=O)Nc2ccc(OC)cc2)s1)C1CCS(=O)(=O)C1. The first kappa shape index (κ1) is 20.7. The third-order valence-electron chi connectivity index (χ3n) is 4.58. The van der Waals surface area contributed by atoms with Gasteiger partial charge in [-0.05, 0) is 43.7 Å². The molecule has 0 saturated carbocycles. The van der Waals surface area contributed by atoms with Gasteiger partial charge in [0.15, 0.2) is 9.84 Å². The third-order valence-corrected chi connectivity index (χ3v) is 7.24. The number of ether oxygens (including phenoxy) is 1. The molecule has 1 N–H and O–H groups in total. The number of rotatable bonds is 8. The molecule has 0 spiro atoms. The fourth-order valence-corrected chi connectivity index (χ4v) is 5.71. The van der Waals surface area contributed by atoms with Gasteiger partial charge in [0.25, 0.3) is 5.91 Å². The fraction of sp³-hybridized carbons (Fsp3) is 0.500. The fourth-order valence-electron chi connectivity index (χ4n) is 3.18. The van der Waals surface area contributed by atoms with Gasteiger partial charge in [0, 0.05) is 11.7 Å². The summed E-state index contributed by atoms with van der Waals surface area (Å²) < 4.78 is 28.7. The maximum absolute atomic E-state index is 12.4. The lowest BCUT2D eigenvalue weighted by Gasteiger charge is -2.26. The van der Waals surface area contributed by atoms with Crippen LogP contribution in [-0.2, 0) is 16.4 Å². The highest BCUT2D eigenvalue weighted by Gasteiger charge is 2.32. The normalized spacial score (nSPS) is 18.3. The summed E-state index contributed by atoms with van der Waals surface area (Å²) >= 11 is 1.23. The number of nitrogens with one attached hydrogen (secondary N) is 1. The summed E-state index contributed by atoms with van der Waals surface area (Å²) in [5.74, 6) is 0.820. The Morgan fingerprint density at radius 3 is 2.68 bits per heavy atom. The Bertz CT molecular complexity index is 912. The molecule has 3 rings (SSSR count). The second-order valence-corrected chi connectivity index (χ2v) is 10.0. The molecular formula is C18H24N4O4S2. The van der Waals surface area contributed by atoms with Crippen molar-refractivity contribution < 1.29 is 17.9 Å².